The molecule has 0 spiro atoms. The maximum absolute atomic E-state index is 11.8. The van der Waals surface area contributed by atoms with Gasteiger partial charge in [-0.05, 0) is 6.92 Å². The third-order valence-electron chi connectivity index (χ3n) is 3.22. The van der Waals surface area contributed by atoms with Crippen molar-refractivity contribution in [3.63, 3.8) is 0 Å². The lowest BCUT2D eigenvalue weighted by atomic mass is 10.1. The molecule has 0 bridgehead atoms. The van der Waals surface area contributed by atoms with Crippen LogP contribution in [0.25, 0.3) is 0 Å². The summed E-state index contributed by atoms with van der Waals surface area (Å²) in [7, 11) is 4.01. The lowest BCUT2D eigenvalue weighted by Gasteiger charge is -2.45. The predicted molar refractivity (Wildman–Crippen MR) is 70.4 cm³/mol. The van der Waals surface area contributed by atoms with Gasteiger partial charge in [-0.2, -0.15) is 0 Å². The normalized spacial score (nSPS) is 11.4. The fourth-order valence-corrected chi connectivity index (χ4v) is 2.25. The van der Waals surface area contributed by atoms with Crippen LogP contribution in [-0.2, 0) is 14.0 Å². The fourth-order valence-electron chi connectivity index (χ4n) is 1.70. The topological polar surface area (TPSA) is 49.9 Å². The average Bonchev–Trinajstić information content (AvgIpc) is 2.34. The molecule has 0 atom stereocenters. The second-order valence-electron chi connectivity index (χ2n) is 4.26. The predicted octanol–water partition coefficient (Wildman–Crippen LogP) is -0.264. The maximum Gasteiger partial charge on any atom is 0.223 e. The maximum atomic E-state index is 11.8. The number of rotatable bonds is 6. The van der Waals surface area contributed by atoms with Gasteiger partial charge in [0.05, 0.1) is 6.61 Å². The minimum Gasteiger partial charge on any atom is -0.424 e. The van der Waals surface area contributed by atoms with E-state index in [1.807, 2.05) is 20.8 Å². The van der Waals surface area contributed by atoms with E-state index in [1.165, 1.54) is 0 Å². The molecule has 0 heterocycles. The lowest BCUT2D eigenvalue weighted by molar-refractivity contribution is -0.155. The number of nitrogens with zero attached hydrogens (tertiary/aromatic N) is 2. The Morgan fingerprint density at radius 3 is 1.71 bits per heavy atom. The molecule has 0 fully saturated rings. The van der Waals surface area contributed by atoms with Crippen LogP contribution in [-0.4, -0.2) is 58.5 Å². The summed E-state index contributed by atoms with van der Waals surface area (Å²) in [5.41, 5.74) is -0.706. The molecular formula is C11H24N2O3Si. The van der Waals surface area contributed by atoms with Gasteiger partial charge in [-0.1, -0.05) is 13.8 Å². The van der Waals surface area contributed by atoms with Crippen LogP contribution in [0.15, 0.2) is 0 Å². The number of carbonyl (C=O) groups excluding carboxylic acids is 2. The highest BCUT2D eigenvalue weighted by Crippen LogP contribution is 2.20. The number of likely N-dealkylation sites (N-methyl/N-ethyl adjacent to an activating group) is 2. The first-order valence-corrected chi connectivity index (χ1v) is 6.69. The summed E-state index contributed by atoms with van der Waals surface area (Å²) >= 11 is 0. The molecule has 0 N–H and O–H groups in total. The van der Waals surface area contributed by atoms with Gasteiger partial charge in [0.1, 0.15) is 16.1 Å². The minimum absolute atomic E-state index is 0.00182. The summed E-state index contributed by atoms with van der Waals surface area (Å²) < 4.78 is 5.29. The van der Waals surface area contributed by atoms with Gasteiger partial charge in [0, 0.05) is 26.9 Å². The first-order chi connectivity index (χ1) is 7.84. The van der Waals surface area contributed by atoms with Crippen LogP contribution in [0.4, 0.5) is 0 Å². The number of carbonyl (C=O) groups is 2. The van der Waals surface area contributed by atoms with Crippen LogP contribution >= 0.6 is 0 Å². The summed E-state index contributed by atoms with van der Waals surface area (Å²) in [6.45, 7) is 5.82. The van der Waals surface area contributed by atoms with Crippen molar-refractivity contribution in [3.05, 3.63) is 0 Å². The summed E-state index contributed by atoms with van der Waals surface area (Å²) in [6.07, 6.45) is 0.836. The Morgan fingerprint density at radius 1 is 1.12 bits per heavy atom. The van der Waals surface area contributed by atoms with Crippen LogP contribution in [0, 0.1) is 0 Å². The van der Waals surface area contributed by atoms with E-state index in [1.54, 1.807) is 23.9 Å². The van der Waals surface area contributed by atoms with Gasteiger partial charge < -0.3 is 14.2 Å². The average molecular weight is 260 g/mol. The molecule has 0 aliphatic heterocycles. The summed E-state index contributed by atoms with van der Waals surface area (Å²) in [5.74, 6) is 0.00365. The van der Waals surface area contributed by atoms with E-state index in [0.717, 1.165) is 0 Å². The number of hydrogen-bond acceptors (Lipinski definition) is 3. The Kier molecular flexibility index (Phi) is 6.40. The molecule has 0 unspecified atom stereocenters. The molecular weight excluding hydrogens is 236 g/mol. The smallest absolute Gasteiger partial charge is 0.223 e. The molecule has 0 aromatic carbocycles. The van der Waals surface area contributed by atoms with E-state index in [0.29, 0.717) is 29.9 Å². The van der Waals surface area contributed by atoms with E-state index in [9.17, 15) is 9.59 Å². The third-order valence-corrected chi connectivity index (χ3v) is 3.50. The summed E-state index contributed by atoms with van der Waals surface area (Å²) in [4.78, 5) is 26.8. The fraction of sp³-hybridized carbons (Fsp3) is 0.818. The SMILES string of the molecule is CCC(=O)N(C)C(C)(CO[SiH3])N(C)C(=O)CC. The van der Waals surface area contributed by atoms with Gasteiger partial charge in [-0.3, -0.25) is 9.59 Å². The Labute approximate surface area is 107 Å². The molecule has 5 nitrogen and oxygen atoms in total. The second-order valence-corrected chi connectivity index (χ2v) is 4.84. The highest BCUT2D eigenvalue weighted by molar-refractivity contribution is 5.98. The van der Waals surface area contributed by atoms with Crippen molar-refractivity contribution in [2.45, 2.75) is 39.3 Å². The molecule has 0 aliphatic carbocycles. The molecule has 0 saturated heterocycles. The highest BCUT2D eigenvalue weighted by Gasteiger charge is 2.38. The molecule has 6 heteroatoms. The van der Waals surface area contributed by atoms with Gasteiger partial charge in [-0.15, -0.1) is 0 Å². The zero-order chi connectivity index (χ0) is 13.6. The molecule has 2 amide bonds. The van der Waals surface area contributed by atoms with Gasteiger partial charge >= 0.3 is 0 Å². The zero-order valence-electron chi connectivity index (χ0n) is 11.7. The summed E-state index contributed by atoms with van der Waals surface area (Å²) in [5, 5.41) is 0. The Morgan fingerprint density at radius 2 is 1.47 bits per heavy atom. The molecule has 0 saturated carbocycles. The van der Waals surface area contributed by atoms with Crippen LogP contribution in [0.5, 0.6) is 0 Å². The van der Waals surface area contributed by atoms with Gasteiger partial charge in [0.2, 0.25) is 11.8 Å². The van der Waals surface area contributed by atoms with E-state index < -0.39 is 5.66 Å². The molecule has 0 radical (unpaired) electrons. The Hall–Kier alpha value is -0.883. The summed E-state index contributed by atoms with van der Waals surface area (Å²) in [6, 6.07) is 0. The van der Waals surface area contributed by atoms with Crippen molar-refractivity contribution in [1.29, 1.82) is 0 Å². The second kappa shape index (κ2) is 6.76. The Bertz CT molecular complexity index is 262. The van der Waals surface area contributed by atoms with Crippen LogP contribution in [0.3, 0.4) is 0 Å². The molecule has 0 rings (SSSR count). The quantitative estimate of drug-likeness (QED) is 0.488. The molecule has 0 aromatic rings. The number of hydrogen-bond donors (Lipinski definition) is 0. The molecule has 17 heavy (non-hydrogen) atoms. The number of amides is 2. The molecule has 0 aromatic heterocycles. The van der Waals surface area contributed by atoms with Crippen molar-refractivity contribution in [2.24, 2.45) is 0 Å². The van der Waals surface area contributed by atoms with E-state index in [-0.39, 0.29) is 11.8 Å². The van der Waals surface area contributed by atoms with E-state index in [4.69, 9.17) is 4.43 Å². The Balaban J connectivity index is 5.13. The van der Waals surface area contributed by atoms with Crippen molar-refractivity contribution in [3.8, 4) is 0 Å². The van der Waals surface area contributed by atoms with Gasteiger partial charge in [0.15, 0.2) is 0 Å². The lowest BCUT2D eigenvalue weighted by Crippen LogP contribution is -2.62. The van der Waals surface area contributed by atoms with Crippen molar-refractivity contribution in [2.75, 3.05) is 20.7 Å². The standard InChI is InChI=1S/C11H24N2O3Si/c1-6-9(14)12(4)11(3,8-16-17)13(5)10(15)7-2/h6-8H2,1-5,17H3. The largest absolute Gasteiger partial charge is 0.424 e. The van der Waals surface area contributed by atoms with Gasteiger partial charge in [0.25, 0.3) is 0 Å². The first-order valence-electron chi connectivity index (χ1n) is 5.87. The van der Waals surface area contributed by atoms with E-state index >= 15 is 0 Å². The molecule has 100 valence electrons. The van der Waals surface area contributed by atoms with Crippen molar-refractivity contribution < 1.29 is 14.0 Å². The van der Waals surface area contributed by atoms with Gasteiger partial charge in [-0.25, -0.2) is 0 Å². The van der Waals surface area contributed by atoms with Crippen LogP contribution in [0.1, 0.15) is 33.6 Å². The van der Waals surface area contributed by atoms with Crippen molar-refractivity contribution >= 4 is 22.3 Å². The monoisotopic (exact) mass is 260 g/mol. The van der Waals surface area contributed by atoms with Crippen LogP contribution < -0.4 is 0 Å². The molecule has 0 aliphatic rings. The minimum atomic E-state index is -0.706. The zero-order valence-corrected chi connectivity index (χ0v) is 13.7. The third kappa shape index (κ3) is 3.54. The van der Waals surface area contributed by atoms with Crippen LogP contribution in [0.2, 0.25) is 0 Å². The first kappa shape index (κ1) is 16.1. The van der Waals surface area contributed by atoms with E-state index in [2.05, 4.69) is 0 Å². The van der Waals surface area contributed by atoms with Crippen molar-refractivity contribution in [1.82, 2.24) is 9.80 Å². The highest BCUT2D eigenvalue weighted by atomic mass is 28.2.